The van der Waals surface area contributed by atoms with E-state index >= 15 is 0 Å². The van der Waals surface area contributed by atoms with Crippen LogP contribution in [-0.2, 0) is 17.8 Å². The molecule has 0 bridgehead atoms. The number of hydrogen-bond donors (Lipinski definition) is 3. The van der Waals surface area contributed by atoms with Gasteiger partial charge >= 0.3 is 0 Å². The van der Waals surface area contributed by atoms with Crippen molar-refractivity contribution < 1.29 is 9.53 Å². The molecule has 0 fully saturated rings. The summed E-state index contributed by atoms with van der Waals surface area (Å²) in [6, 6.07) is 7.59. The highest BCUT2D eigenvalue weighted by molar-refractivity contribution is 7.09. The zero-order chi connectivity index (χ0) is 19.5. The number of aliphatic imine (C=N–C) groups is 1. The summed E-state index contributed by atoms with van der Waals surface area (Å²) in [5, 5.41) is 12.4. The lowest BCUT2D eigenvalue weighted by Crippen LogP contribution is -2.39. The second-order valence-corrected chi connectivity index (χ2v) is 6.92. The van der Waals surface area contributed by atoms with Gasteiger partial charge in [-0.1, -0.05) is 12.1 Å². The minimum Gasteiger partial charge on any atom is -0.497 e. The molecule has 2 rings (SSSR count). The van der Waals surface area contributed by atoms with Gasteiger partial charge in [0.15, 0.2) is 5.96 Å². The van der Waals surface area contributed by atoms with Gasteiger partial charge in [-0.25, -0.2) is 9.98 Å². The van der Waals surface area contributed by atoms with Crippen molar-refractivity contribution in [1.29, 1.82) is 0 Å². The SMILES string of the molecule is CCNC(=NCC(=O)NCc1ccc(OC)cc1)NCCc1csc(C)n1. The number of guanidine groups is 1. The molecule has 0 saturated carbocycles. The van der Waals surface area contributed by atoms with Gasteiger partial charge in [0, 0.05) is 31.4 Å². The lowest BCUT2D eigenvalue weighted by atomic mass is 10.2. The van der Waals surface area contributed by atoms with Crippen LogP contribution < -0.4 is 20.7 Å². The maximum Gasteiger partial charge on any atom is 0.242 e. The van der Waals surface area contributed by atoms with E-state index in [1.807, 2.05) is 38.1 Å². The number of benzene rings is 1. The summed E-state index contributed by atoms with van der Waals surface area (Å²) in [7, 11) is 1.63. The number of methoxy groups -OCH3 is 1. The maximum atomic E-state index is 12.0. The Morgan fingerprint density at radius 3 is 2.63 bits per heavy atom. The van der Waals surface area contributed by atoms with Crippen LogP contribution in [0.5, 0.6) is 5.75 Å². The van der Waals surface area contributed by atoms with E-state index in [1.54, 1.807) is 18.4 Å². The van der Waals surface area contributed by atoms with Crippen LogP contribution in [0.2, 0.25) is 0 Å². The Labute approximate surface area is 164 Å². The van der Waals surface area contributed by atoms with Crippen LogP contribution in [0.1, 0.15) is 23.2 Å². The molecule has 7 nitrogen and oxygen atoms in total. The minimum absolute atomic E-state index is 0.0707. The Morgan fingerprint density at radius 2 is 2.00 bits per heavy atom. The van der Waals surface area contributed by atoms with Gasteiger partial charge in [-0.3, -0.25) is 4.79 Å². The summed E-state index contributed by atoms with van der Waals surface area (Å²) in [5.41, 5.74) is 2.08. The van der Waals surface area contributed by atoms with Crippen molar-refractivity contribution in [2.45, 2.75) is 26.8 Å². The minimum atomic E-state index is -0.127. The number of carbonyl (C=O) groups excluding carboxylic acids is 1. The van der Waals surface area contributed by atoms with E-state index < -0.39 is 0 Å². The third kappa shape index (κ3) is 7.65. The Hall–Kier alpha value is -2.61. The molecular formula is C19H27N5O2S. The van der Waals surface area contributed by atoms with Crippen LogP contribution in [0.25, 0.3) is 0 Å². The first kappa shape index (κ1) is 20.7. The van der Waals surface area contributed by atoms with Crippen molar-refractivity contribution in [3.05, 3.63) is 45.9 Å². The van der Waals surface area contributed by atoms with Crippen molar-refractivity contribution in [1.82, 2.24) is 20.9 Å². The largest absolute Gasteiger partial charge is 0.497 e. The number of carbonyl (C=O) groups is 1. The van der Waals surface area contributed by atoms with Crippen LogP contribution >= 0.6 is 11.3 Å². The van der Waals surface area contributed by atoms with Crippen LogP contribution in [0.15, 0.2) is 34.6 Å². The second-order valence-electron chi connectivity index (χ2n) is 5.85. The summed E-state index contributed by atoms with van der Waals surface area (Å²) >= 11 is 1.65. The summed E-state index contributed by atoms with van der Waals surface area (Å²) in [6.07, 6.45) is 0.818. The smallest absolute Gasteiger partial charge is 0.242 e. The molecule has 0 unspecified atom stereocenters. The van der Waals surface area contributed by atoms with Crippen LogP contribution in [0, 0.1) is 6.92 Å². The maximum absolute atomic E-state index is 12.0. The molecule has 1 heterocycles. The molecular weight excluding hydrogens is 362 g/mol. The molecule has 1 aromatic carbocycles. The van der Waals surface area contributed by atoms with E-state index in [-0.39, 0.29) is 12.5 Å². The molecule has 2 aromatic rings. The fourth-order valence-electron chi connectivity index (χ4n) is 2.32. The predicted molar refractivity (Wildman–Crippen MR) is 109 cm³/mol. The molecule has 1 amide bonds. The average Bonchev–Trinajstić information content (AvgIpc) is 3.10. The summed E-state index contributed by atoms with van der Waals surface area (Å²) < 4.78 is 5.12. The molecule has 27 heavy (non-hydrogen) atoms. The van der Waals surface area contributed by atoms with Crippen LogP contribution in [0.4, 0.5) is 0 Å². The molecule has 0 saturated heterocycles. The number of aryl methyl sites for hydroxylation is 1. The van der Waals surface area contributed by atoms with Crippen molar-refractivity contribution in [3.8, 4) is 5.75 Å². The standard InChI is InChI=1S/C19H27N5O2S/c1-4-20-19(21-10-9-16-13-27-14(2)24-16)23-12-18(25)22-11-15-5-7-17(26-3)8-6-15/h5-8,13H,4,9-12H2,1-3H3,(H,22,25)(H2,20,21,23). The lowest BCUT2D eigenvalue weighted by molar-refractivity contribution is -0.119. The topological polar surface area (TPSA) is 87.6 Å². The van der Waals surface area contributed by atoms with E-state index in [1.165, 1.54) is 0 Å². The third-order valence-electron chi connectivity index (χ3n) is 3.71. The Balaban J connectivity index is 1.75. The zero-order valence-electron chi connectivity index (χ0n) is 16.0. The Bertz CT molecular complexity index is 743. The van der Waals surface area contributed by atoms with Gasteiger partial charge in [-0.2, -0.15) is 0 Å². The van der Waals surface area contributed by atoms with E-state index in [9.17, 15) is 4.79 Å². The molecule has 0 aliphatic heterocycles. The third-order valence-corrected chi connectivity index (χ3v) is 4.54. The quantitative estimate of drug-likeness (QED) is 0.450. The van der Waals surface area contributed by atoms with E-state index in [4.69, 9.17) is 4.74 Å². The van der Waals surface area contributed by atoms with Gasteiger partial charge in [0.2, 0.25) is 5.91 Å². The number of nitrogens with one attached hydrogen (secondary N) is 3. The fraction of sp³-hybridized carbons (Fsp3) is 0.421. The van der Waals surface area contributed by atoms with Gasteiger partial charge in [-0.15, -0.1) is 11.3 Å². The number of aromatic nitrogens is 1. The van der Waals surface area contributed by atoms with Crippen molar-refractivity contribution in [2.75, 3.05) is 26.7 Å². The van der Waals surface area contributed by atoms with Crippen LogP contribution in [0.3, 0.4) is 0 Å². The van der Waals surface area contributed by atoms with E-state index in [2.05, 4.69) is 31.3 Å². The lowest BCUT2D eigenvalue weighted by Gasteiger charge is -2.11. The van der Waals surface area contributed by atoms with E-state index in [0.717, 1.165) is 35.0 Å². The first-order valence-corrected chi connectivity index (χ1v) is 9.81. The number of hydrogen-bond acceptors (Lipinski definition) is 5. The molecule has 3 N–H and O–H groups in total. The number of thiazole rings is 1. The highest BCUT2D eigenvalue weighted by Crippen LogP contribution is 2.10. The van der Waals surface area contributed by atoms with Crippen molar-refractivity contribution in [2.24, 2.45) is 4.99 Å². The normalized spacial score (nSPS) is 11.1. The molecule has 146 valence electrons. The van der Waals surface area contributed by atoms with Gasteiger partial charge in [0.05, 0.1) is 17.8 Å². The second kappa shape index (κ2) is 11.2. The van der Waals surface area contributed by atoms with Gasteiger partial charge in [0.25, 0.3) is 0 Å². The fourth-order valence-corrected chi connectivity index (χ4v) is 2.97. The van der Waals surface area contributed by atoms with Crippen molar-refractivity contribution >= 4 is 23.2 Å². The number of amides is 1. The predicted octanol–water partition coefficient (Wildman–Crippen LogP) is 1.87. The summed E-state index contributed by atoms with van der Waals surface area (Å²) in [6.45, 7) is 5.97. The number of ether oxygens (including phenoxy) is 1. The first-order valence-electron chi connectivity index (χ1n) is 8.93. The molecule has 1 aromatic heterocycles. The van der Waals surface area contributed by atoms with Gasteiger partial charge < -0.3 is 20.7 Å². The Kier molecular flexibility index (Phi) is 8.57. The molecule has 0 aliphatic rings. The van der Waals surface area contributed by atoms with E-state index in [0.29, 0.717) is 19.0 Å². The highest BCUT2D eigenvalue weighted by atomic mass is 32.1. The summed E-state index contributed by atoms with van der Waals surface area (Å²) in [4.78, 5) is 20.8. The van der Waals surface area contributed by atoms with Crippen molar-refractivity contribution in [3.63, 3.8) is 0 Å². The Morgan fingerprint density at radius 1 is 1.22 bits per heavy atom. The molecule has 0 atom stereocenters. The van der Waals surface area contributed by atoms with Crippen LogP contribution in [-0.4, -0.2) is 43.6 Å². The average molecular weight is 390 g/mol. The molecule has 0 aliphatic carbocycles. The molecule has 0 radical (unpaired) electrons. The number of nitrogens with zero attached hydrogens (tertiary/aromatic N) is 2. The molecule has 8 heteroatoms. The monoisotopic (exact) mass is 389 g/mol. The van der Waals surface area contributed by atoms with Gasteiger partial charge in [-0.05, 0) is 31.5 Å². The van der Waals surface area contributed by atoms with Gasteiger partial charge in [0.1, 0.15) is 12.3 Å². The first-order chi connectivity index (χ1) is 13.1. The molecule has 0 spiro atoms. The number of rotatable bonds is 9. The zero-order valence-corrected chi connectivity index (χ0v) is 16.9. The summed E-state index contributed by atoms with van der Waals surface area (Å²) in [5.74, 6) is 1.30. The highest BCUT2D eigenvalue weighted by Gasteiger charge is 2.04.